The lowest BCUT2D eigenvalue weighted by Crippen LogP contribution is -2.40. The maximum atomic E-state index is 13.8. The molecule has 5 heteroatoms. The van der Waals surface area contributed by atoms with Crippen LogP contribution in [0.4, 0.5) is 4.39 Å². The number of amides is 1. The number of hydrogen-bond donors (Lipinski definition) is 0. The van der Waals surface area contributed by atoms with Crippen LogP contribution in [-0.2, 0) is 4.74 Å². The van der Waals surface area contributed by atoms with E-state index in [2.05, 4.69) is 19.0 Å². The van der Waals surface area contributed by atoms with Gasteiger partial charge in [0.15, 0.2) is 0 Å². The molecule has 4 nitrogen and oxygen atoms in total. The van der Waals surface area contributed by atoms with Crippen LogP contribution < -0.4 is 0 Å². The van der Waals surface area contributed by atoms with Crippen LogP contribution >= 0.6 is 0 Å². The van der Waals surface area contributed by atoms with E-state index in [-0.39, 0.29) is 17.1 Å². The SMILES string of the molecule is Cc1ccc(C(=O)N2CC(CN(C)C)C3(CCOCC3)C2)cc1F. The van der Waals surface area contributed by atoms with Gasteiger partial charge in [-0.05, 0) is 62.9 Å². The maximum Gasteiger partial charge on any atom is 0.253 e. The Bertz CT molecular complexity index is 611. The highest BCUT2D eigenvalue weighted by Crippen LogP contribution is 2.44. The van der Waals surface area contributed by atoms with Gasteiger partial charge >= 0.3 is 0 Å². The minimum atomic E-state index is -0.314. The first-order chi connectivity index (χ1) is 11.4. The lowest BCUT2D eigenvalue weighted by molar-refractivity contribution is -0.00451. The van der Waals surface area contributed by atoms with Crippen molar-refractivity contribution in [1.29, 1.82) is 0 Å². The molecule has 0 bridgehead atoms. The Morgan fingerprint density at radius 3 is 2.71 bits per heavy atom. The molecule has 1 amide bonds. The van der Waals surface area contributed by atoms with Gasteiger partial charge in [0.05, 0.1) is 0 Å². The van der Waals surface area contributed by atoms with Crippen LogP contribution in [0, 0.1) is 24.1 Å². The van der Waals surface area contributed by atoms with Gasteiger partial charge in [0.25, 0.3) is 5.91 Å². The van der Waals surface area contributed by atoms with E-state index >= 15 is 0 Å². The highest BCUT2D eigenvalue weighted by atomic mass is 19.1. The minimum absolute atomic E-state index is 0.0546. The maximum absolute atomic E-state index is 13.8. The van der Waals surface area contributed by atoms with Crippen LogP contribution in [-0.4, -0.2) is 62.7 Å². The van der Waals surface area contributed by atoms with Gasteiger partial charge in [0.2, 0.25) is 0 Å². The Balaban J connectivity index is 1.81. The Kier molecular flexibility index (Phi) is 4.92. The van der Waals surface area contributed by atoms with Crippen molar-refractivity contribution in [1.82, 2.24) is 9.80 Å². The lowest BCUT2D eigenvalue weighted by Gasteiger charge is -2.38. The van der Waals surface area contributed by atoms with Crippen molar-refractivity contribution < 1.29 is 13.9 Å². The number of ether oxygens (including phenoxy) is 1. The van der Waals surface area contributed by atoms with Crippen molar-refractivity contribution in [2.75, 3.05) is 46.9 Å². The second-order valence-corrected chi connectivity index (χ2v) is 7.58. The van der Waals surface area contributed by atoms with Crippen LogP contribution in [0.2, 0.25) is 0 Å². The van der Waals surface area contributed by atoms with Crippen molar-refractivity contribution in [2.45, 2.75) is 19.8 Å². The first kappa shape index (κ1) is 17.4. The van der Waals surface area contributed by atoms with Gasteiger partial charge in [-0.15, -0.1) is 0 Å². The van der Waals surface area contributed by atoms with Crippen LogP contribution in [0.25, 0.3) is 0 Å². The van der Waals surface area contributed by atoms with Crippen molar-refractivity contribution >= 4 is 5.91 Å². The molecule has 1 aromatic rings. The standard InChI is InChI=1S/C19H27FN2O2/c1-14-4-5-15(10-17(14)20)18(23)22-12-16(11-21(2)3)19(13-22)6-8-24-9-7-19/h4-5,10,16H,6-9,11-13H2,1-3H3. The summed E-state index contributed by atoms with van der Waals surface area (Å²) in [5.41, 5.74) is 1.16. The summed E-state index contributed by atoms with van der Waals surface area (Å²) in [6.45, 7) is 5.71. The molecular formula is C19H27FN2O2. The Hall–Kier alpha value is -1.46. The Morgan fingerprint density at radius 1 is 1.38 bits per heavy atom. The molecule has 2 aliphatic rings. The minimum Gasteiger partial charge on any atom is -0.381 e. The smallest absolute Gasteiger partial charge is 0.253 e. The zero-order valence-corrected chi connectivity index (χ0v) is 14.8. The highest BCUT2D eigenvalue weighted by molar-refractivity contribution is 5.94. The van der Waals surface area contributed by atoms with Gasteiger partial charge in [0.1, 0.15) is 5.82 Å². The predicted molar refractivity (Wildman–Crippen MR) is 91.6 cm³/mol. The number of hydrogen-bond acceptors (Lipinski definition) is 3. The van der Waals surface area contributed by atoms with E-state index < -0.39 is 0 Å². The van der Waals surface area contributed by atoms with Gasteiger partial charge in [-0.3, -0.25) is 4.79 Å². The van der Waals surface area contributed by atoms with Crippen LogP contribution in [0.1, 0.15) is 28.8 Å². The molecule has 1 spiro atoms. The number of nitrogens with zero attached hydrogens (tertiary/aromatic N) is 2. The summed E-state index contributed by atoms with van der Waals surface area (Å²) in [6, 6.07) is 4.78. The van der Waals surface area contributed by atoms with Gasteiger partial charge in [-0.1, -0.05) is 6.07 Å². The van der Waals surface area contributed by atoms with Crippen LogP contribution in [0.15, 0.2) is 18.2 Å². The quantitative estimate of drug-likeness (QED) is 0.852. The Labute approximate surface area is 143 Å². The fraction of sp³-hybridized carbons (Fsp3) is 0.632. The molecule has 2 aliphatic heterocycles. The summed E-state index contributed by atoms with van der Waals surface area (Å²) in [5, 5.41) is 0. The van der Waals surface area contributed by atoms with Crippen molar-refractivity contribution in [3.8, 4) is 0 Å². The summed E-state index contributed by atoms with van der Waals surface area (Å²) in [5.74, 6) is 0.0716. The van der Waals surface area contributed by atoms with Gasteiger partial charge in [-0.2, -0.15) is 0 Å². The number of rotatable bonds is 3. The molecule has 3 rings (SSSR count). The molecule has 0 aliphatic carbocycles. The molecule has 0 radical (unpaired) electrons. The largest absolute Gasteiger partial charge is 0.381 e. The summed E-state index contributed by atoms with van der Waals surface area (Å²) in [6.07, 6.45) is 2.00. The first-order valence-electron chi connectivity index (χ1n) is 8.69. The van der Waals surface area contributed by atoms with Gasteiger partial charge in [-0.25, -0.2) is 4.39 Å². The zero-order valence-electron chi connectivity index (χ0n) is 14.8. The summed E-state index contributed by atoms with van der Waals surface area (Å²) >= 11 is 0. The van der Waals surface area contributed by atoms with E-state index in [1.54, 1.807) is 19.1 Å². The number of carbonyl (C=O) groups is 1. The number of halogens is 1. The molecule has 132 valence electrons. The van der Waals surface area contributed by atoms with Crippen LogP contribution in [0.3, 0.4) is 0 Å². The molecule has 1 atom stereocenters. The molecule has 0 saturated carbocycles. The van der Waals surface area contributed by atoms with Gasteiger partial charge < -0.3 is 14.5 Å². The molecule has 1 unspecified atom stereocenters. The molecular weight excluding hydrogens is 307 g/mol. The van der Waals surface area contributed by atoms with Crippen molar-refractivity contribution in [3.63, 3.8) is 0 Å². The second kappa shape index (κ2) is 6.81. The molecule has 2 heterocycles. The third-order valence-corrected chi connectivity index (χ3v) is 5.59. The van der Waals surface area contributed by atoms with E-state index in [0.29, 0.717) is 17.0 Å². The molecule has 0 N–H and O–H groups in total. The topological polar surface area (TPSA) is 32.8 Å². The summed E-state index contributed by atoms with van der Waals surface area (Å²) < 4.78 is 19.4. The third-order valence-electron chi connectivity index (χ3n) is 5.59. The lowest BCUT2D eigenvalue weighted by atomic mass is 9.72. The predicted octanol–water partition coefficient (Wildman–Crippen LogP) is 2.56. The Morgan fingerprint density at radius 2 is 2.08 bits per heavy atom. The normalized spacial score (nSPS) is 23.2. The summed E-state index contributed by atoms with van der Waals surface area (Å²) in [7, 11) is 4.15. The average Bonchev–Trinajstić information content (AvgIpc) is 2.87. The molecule has 2 saturated heterocycles. The van der Waals surface area contributed by atoms with E-state index in [9.17, 15) is 9.18 Å². The second-order valence-electron chi connectivity index (χ2n) is 7.58. The number of likely N-dealkylation sites (tertiary alicyclic amines) is 1. The van der Waals surface area contributed by atoms with Crippen molar-refractivity contribution in [2.24, 2.45) is 11.3 Å². The molecule has 2 fully saturated rings. The number of carbonyl (C=O) groups excluding carboxylic acids is 1. The average molecular weight is 334 g/mol. The molecule has 0 aromatic heterocycles. The third kappa shape index (κ3) is 3.33. The molecule has 24 heavy (non-hydrogen) atoms. The first-order valence-corrected chi connectivity index (χ1v) is 8.69. The highest BCUT2D eigenvalue weighted by Gasteiger charge is 2.48. The summed E-state index contributed by atoms with van der Waals surface area (Å²) in [4.78, 5) is 17.0. The van der Waals surface area contributed by atoms with Gasteiger partial charge in [0, 0.05) is 38.4 Å². The van der Waals surface area contributed by atoms with E-state index in [0.717, 1.165) is 45.7 Å². The van der Waals surface area contributed by atoms with E-state index in [1.165, 1.54) is 6.07 Å². The van der Waals surface area contributed by atoms with E-state index in [4.69, 9.17) is 4.74 Å². The fourth-order valence-corrected chi connectivity index (χ4v) is 4.13. The number of aryl methyl sites for hydroxylation is 1. The zero-order chi connectivity index (χ0) is 17.3. The monoisotopic (exact) mass is 334 g/mol. The fourth-order valence-electron chi connectivity index (χ4n) is 4.13. The van der Waals surface area contributed by atoms with E-state index in [1.807, 2.05) is 4.90 Å². The van der Waals surface area contributed by atoms with Crippen molar-refractivity contribution in [3.05, 3.63) is 35.1 Å². The number of benzene rings is 1. The molecule has 1 aromatic carbocycles. The van der Waals surface area contributed by atoms with Crippen LogP contribution in [0.5, 0.6) is 0 Å².